The summed E-state index contributed by atoms with van der Waals surface area (Å²) in [7, 11) is -3.35. The molecule has 3 N–H and O–H groups in total. The second-order valence-electron chi connectivity index (χ2n) is 7.64. The van der Waals surface area contributed by atoms with Crippen LogP contribution in [0.3, 0.4) is 0 Å². The van der Waals surface area contributed by atoms with E-state index in [0.717, 1.165) is 6.26 Å². The minimum atomic E-state index is -3.35. The summed E-state index contributed by atoms with van der Waals surface area (Å²) < 4.78 is 42.1. The lowest BCUT2D eigenvalue weighted by molar-refractivity contribution is -0.145. The van der Waals surface area contributed by atoms with E-state index in [-0.39, 0.29) is 24.5 Å². The number of nitrogens with zero attached hydrogens (tertiary/aromatic N) is 1. The molecule has 3 rings (SSSR count). The monoisotopic (exact) mass is 448 g/mol. The number of esters is 1. The number of carbonyl (C=O) groups excluding carboxylic acids is 1. The number of anilines is 1. The zero-order valence-corrected chi connectivity index (χ0v) is 18.1. The van der Waals surface area contributed by atoms with Gasteiger partial charge < -0.3 is 20.5 Å². The minimum Gasteiger partial charge on any atom is -0.463 e. The van der Waals surface area contributed by atoms with Crippen molar-refractivity contribution in [1.29, 1.82) is 0 Å². The number of sulfone groups is 1. The first-order valence-corrected chi connectivity index (χ1v) is 11.6. The van der Waals surface area contributed by atoms with Crippen LogP contribution < -0.4 is 10.6 Å². The Balaban J connectivity index is 2.03. The van der Waals surface area contributed by atoms with Gasteiger partial charge in [0.2, 0.25) is 0 Å². The number of carbonyl (C=O) groups is 1. The van der Waals surface area contributed by atoms with Gasteiger partial charge in [-0.1, -0.05) is 18.2 Å². The van der Waals surface area contributed by atoms with E-state index in [9.17, 15) is 17.6 Å². The average molecular weight is 449 g/mol. The van der Waals surface area contributed by atoms with Crippen molar-refractivity contribution in [3.8, 4) is 0 Å². The first-order valence-electron chi connectivity index (χ1n) is 9.67. The highest BCUT2D eigenvalue weighted by Gasteiger charge is 2.44. The zero-order valence-electron chi connectivity index (χ0n) is 17.3. The molecule has 166 valence electrons. The number of ether oxygens (including phenoxy) is 1. The van der Waals surface area contributed by atoms with Crippen molar-refractivity contribution in [1.82, 2.24) is 0 Å². The Morgan fingerprint density at radius 3 is 2.35 bits per heavy atom. The summed E-state index contributed by atoms with van der Waals surface area (Å²) in [5, 5.41) is 8.87. The van der Waals surface area contributed by atoms with Crippen LogP contribution in [0.2, 0.25) is 0 Å². The van der Waals surface area contributed by atoms with E-state index >= 15 is 0 Å². The van der Waals surface area contributed by atoms with Crippen molar-refractivity contribution in [3.63, 3.8) is 0 Å². The molecule has 9 heteroatoms. The summed E-state index contributed by atoms with van der Waals surface area (Å²) in [5.74, 6) is -1.35. The highest BCUT2D eigenvalue weighted by atomic mass is 32.2. The van der Waals surface area contributed by atoms with Crippen LogP contribution in [0.1, 0.15) is 18.9 Å². The van der Waals surface area contributed by atoms with Gasteiger partial charge in [-0.05, 0) is 48.9 Å². The number of halogens is 1. The molecule has 0 spiro atoms. The van der Waals surface area contributed by atoms with Gasteiger partial charge in [-0.2, -0.15) is 0 Å². The van der Waals surface area contributed by atoms with Crippen LogP contribution in [0, 0.1) is 11.7 Å². The molecule has 7 nitrogen and oxygen atoms in total. The van der Waals surface area contributed by atoms with Crippen LogP contribution >= 0.6 is 0 Å². The van der Waals surface area contributed by atoms with E-state index in [2.05, 4.69) is 0 Å². The molecule has 0 fully saturated rings. The molecule has 0 saturated carbocycles. The highest BCUT2D eigenvalue weighted by molar-refractivity contribution is 7.90. The lowest BCUT2D eigenvalue weighted by atomic mass is 9.93. The third kappa shape index (κ3) is 4.95. The Hall–Kier alpha value is -2.75. The van der Waals surface area contributed by atoms with Gasteiger partial charge in [-0.25, -0.2) is 12.8 Å². The largest absolute Gasteiger partial charge is 0.463 e. The molecule has 2 aromatic rings. The van der Waals surface area contributed by atoms with Crippen molar-refractivity contribution in [2.45, 2.75) is 23.9 Å². The van der Waals surface area contributed by atoms with E-state index in [1.807, 2.05) is 6.08 Å². The smallest absolute Gasteiger partial charge is 0.306 e. The SMILES string of the molecule is C[C@]1(N)[C@@H](CC(=O)OCCO)C=C(c2ccc(S(C)(=O)=O)cc2)N1c1ccc(F)cc1. The fourth-order valence-electron chi connectivity index (χ4n) is 3.63. The van der Waals surface area contributed by atoms with Gasteiger partial charge in [0.25, 0.3) is 0 Å². The van der Waals surface area contributed by atoms with E-state index in [0.29, 0.717) is 16.9 Å². The average Bonchev–Trinajstić information content (AvgIpc) is 2.97. The maximum absolute atomic E-state index is 13.5. The lowest BCUT2D eigenvalue weighted by Gasteiger charge is -2.39. The van der Waals surface area contributed by atoms with Crippen molar-refractivity contribution < 1.29 is 27.4 Å². The van der Waals surface area contributed by atoms with Gasteiger partial charge in [-0.15, -0.1) is 0 Å². The summed E-state index contributed by atoms with van der Waals surface area (Å²) in [6.07, 6.45) is 2.95. The van der Waals surface area contributed by atoms with Crippen molar-refractivity contribution in [2.24, 2.45) is 11.7 Å². The van der Waals surface area contributed by atoms with Crippen molar-refractivity contribution >= 4 is 27.2 Å². The predicted octanol–water partition coefficient (Wildman–Crippen LogP) is 2.31. The van der Waals surface area contributed by atoms with Crippen LogP contribution in [-0.2, 0) is 19.4 Å². The first kappa shape index (κ1) is 22.9. The number of benzene rings is 2. The highest BCUT2D eigenvalue weighted by Crippen LogP contribution is 2.43. The minimum absolute atomic E-state index is 0.0182. The van der Waals surface area contributed by atoms with Gasteiger partial charge in [0.05, 0.1) is 23.6 Å². The lowest BCUT2D eigenvalue weighted by Crippen LogP contribution is -2.54. The van der Waals surface area contributed by atoms with Crippen LogP contribution in [0.4, 0.5) is 10.1 Å². The number of hydrogen-bond acceptors (Lipinski definition) is 7. The zero-order chi connectivity index (χ0) is 22.8. The Labute approximate surface area is 180 Å². The van der Waals surface area contributed by atoms with Crippen LogP contribution in [-0.4, -0.2) is 44.6 Å². The normalized spacial score (nSPS) is 21.1. The third-order valence-corrected chi connectivity index (χ3v) is 6.36. The molecule has 2 aromatic carbocycles. The molecule has 1 aliphatic heterocycles. The van der Waals surface area contributed by atoms with Gasteiger partial charge in [0.1, 0.15) is 12.4 Å². The fraction of sp³-hybridized carbons (Fsp3) is 0.318. The second kappa shape index (κ2) is 8.78. The summed E-state index contributed by atoms with van der Waals surface area (Å²) in [6, 6.07) is 12.2. The maximum Gasteiger partial charge on any atom is 0.306 e. The van der Waals surface area contributed by atoms with Gasteiger partial charge in [-0.3, -0.25) is 4.79 Å². The van der Waals surface area contributed by atoms with E-state index in [4.69, 9.17) is 15.6 Å². The van der Waals surface area contributed by atoms with Gasteiger partial charge in [0.15, 0.2) is 9.84 Å². The molecule has 31 heavy (non-hydrogen) atoms. The fourth-order valence-corrected chi connectivity index (χ4v) is 4.26. The number of hydrogen-bond donors (Lipinski definition) is 2. The summed E-state index contributed by atoms with van der Waals surface area (Å²) in [4.78, 5) is 14.2. The predicted molar refractivity (Wildman–Crippen MR) is 115 cm³/mol. The first-order chi connectivity index (χ1) is 14.5. The Bertz CT molecular complexity index is 1080. The second-order valence-corrected chi connectivity index (χ2v) is 9.66. The van der Waals surface area contributed by atoms with Crippen LogP contribution in [0.5, 0.6) is 0 Å². The van der Waals surface area contributed by atoms with Gasteiger partial charge >= 0.3 is 5.97 Å². The summed E-state index contributed by atoms with van der Waals surface area (Å²) >= 11 is 0. The molecule has 0 radical (unpaired) electrons. The van der Waals surface area contributed by atoms with Crippen LogP contribution in [0.15, 0.2) is 59.5 Å². The molecule has 0 amide bonds. The number of nitrogens with two attached hydrogens (primary N) is 1. The van der Waals surface area contributed by atoms with E-state index in [1.54, 1.807) is 36.1 Å². The number of aliphatic hydroxyl groups is 1. The topological polar surface area (TPSA) is 110 Å². The molecular formula is C22H25FN2O5S. The Kier molecular flexibility index (Phi) is 6.49. The molecular weight excluding hydrogens is 423 g/mol. The maximum atomic E-state index is 13.5. The number of aliphatic hydroxyl groups excluding tert-OH is 1. The molecule has 0 unspecified atom stereocenters. The molecule has 1 heterocycles. The Morgan fingerprint density at radius 2 is 1.81 bits per heavy atom. The molecule has 1 aliphatic rings. The van der Waals surface area contributed by atoms with Gasteiger partial charge in [0, 0.05) is 23.6 Å². The molecule has 2 atom stereocenters. The standard InChI is InChI=1S/C22H25FN2O5S/c1-22(24)16(14-21(27)30-12-11-26)13-20(25(22)18-7-5-17(23)6-8-18)15-3-9-19(10-4-15)31(2,28)29/h3-10,13,16,26H,11-12,14,24H2,1-2H3/t16-,22-/m1/s1. The van der Waals surface area contributed by atoms with Crippen LogP contribution in [0.25, 0.3) is 5.70 Å². The van der Waals surface area contributed by atoms with E-state index in [1.165, 1.54) is 24.3 Å². The van der Waals surface area contributed by atoms with Crippen molar-refractivity contribution in [3.05, 3.63) is 66.0 Å². The number of rotatable bonds is 7. The summed E-state index contributed by atoms with van der Waals surface area (Å²) in [5.41, 5.74) is 7.59. The Morgan fingerprint density at radius 1 is 1.19 bits per heavy atom. The molecule has 0 aromatic heterocycles. The summed E-state index contributed by atoms with van der Waals surface area (Å²) in [6.45, 7) is 1.39. The van der Waals surface area contributed by atoms with E-state index < -0.39 is 33.2 Å². The van der Waals surface area contributed by atoms with Crippen molar-refractivity contribution in [2.75, 3.05) is 24.4 Å². The molecule has 0 bridgehead atoms. The quantitative estimate of drug-likeness (QED) is 0.626. The molecule has 0 saturated heterocycles. The third-order valence-electron chi connectivity index (χ3n) is 5.24. The molecule has 0 aliphatic carbocycles.